The highest BCUT2D eigenvalue weighted by molar-refractivity contribution is 5.85. The number of carbonyl (C=O) groups excluding carboxylic acids is 1. The molecule has 116 valence electrons. The van der Waals surface area contributed by atoms with Crippen molar-refractivity contribution in [3.8, 4) is 0 Å². The molecule has 0 aliphatic carbocycles. The fraction of sp³-hybridized carbons (Fsp3) is 0.692. The third-order valence-electron chi connectivity index (χ3n) is 3.67. The molecule has 1 aromatic heterocycles. The predicted octanol–water partition coefficient (Wildman–Crippen LogP) is 1.70. The summed E-state index contributed by atoms with van der Waals surface area (Å²) in [5, 5.41) is 4.10. The second-order valence-electron chi connectivity index (χ2n) is 5.12. The van der Waals surface area contributed by atoms with Crippen molar-refractivity contribution in [2.45, 2.75) is 38.8 Å². The molecule has 7 heteroatoms. The van der Waals surface area contributed by atoms with Crippen LogP contribution in [0.15, 0.2) is 18.5 Å². The number of piperidine rings is 1. The van der Waals surface area contributed by atoms with Crippen LogP contribution in [0.3, 0.4) is 0 Å². The van der Waals surface area contributed by atoms with Crippen LogP contribution in [0.25, 0.3) is 0 Å². The van der Waals surface area contributed by atoms with Crippen LogP contribution in [-0.2, 0) is 11.3 Å². The molecule has 0 radical (unpaired) electrons. The van der Waals surface area contributed by atoms with Crippen molar-refractivity contribution in [3.63, 3.8) is 0 Å². The number of amides is 1. The molecule has 0 bridgehead atoms. The Morgan fingerprint density at radius 3 is 2.85 bits per heavy atom. The minimum absolute atomic E-state index is 0. The Kier molecular flexibility index (Phi) is 8.85. The Morgan fingerprint density at radius 1 is 1.50 bits per heavy atom. The number of aromatic nitrogens is 2. The summed E-state index contributed by atoms with van der Waals surface area (Å²) in [5.41, 5.74) is 5.93. The Morgan fingerprint density at radius 2 is 2.25 bits per heavy atom. The van der Waals surface area contributed by atoms with Crippen molar-refractivity contribution >= 4 is 30.7 Å². The highest BCUT2D eigenvalue weighted by Crippen LogP contribution is 2.19. The zero-order chi connectivity index (χ0) is 13.0. The van der Waals surface area contributed by atoms with Crippen LogP contribution in [0, 0.1) is 5.92 Å². The number of hydrogen-bond donors (Lipinski definition) is 1. The molecule has 2 N–H and O–H groups in total. The van der Waals surface area contributed by atoms with Gasteiger partial charge in [0.1, 0.15) is 0 Å². The molecule has 1 aromatic rings. The lowest BCUT2D eigenvalue weighted by Gasteiger charge is -2.34. The van der Waals surface area contributed by atoms with Crippen LogP contribution >= 0.6 is 24.8 Å². The summed E-state index contributed by atoms with van der Waals surface area (Å²) in [5.74, 6) is 0.670. The molecular formula is C13H24Cl2N4O. The largest absolute Gasteiger partial charge is 0.342 e. The number of carbonyl (C=O) groups is 1. The highest BCUT2D eigenvalue weighted by Gasteiger charge is 2.25. The van der Waals surface area contributed by atoms with Gasteiger partial charge in [-0.1, -0.05) is 0 Å². The molecule has 2 unspecified atom stereocenters. The van der Waals surface area contributed by atoms with E-state index in [0.717, 1.165) is 25.9 Å². The molecule has 2 rings (SSSR count). The number of hydrogen-bond acceptors (Lipinski definition) is 3. The number of rotatable bonds is 4. The van der Waals surface area contributed by atoms with E-state index in [4.69, 9.17) is 5.73 Å². The first-order valence-electron chi connectivity index (χ1n) is 6.67. The number of likely N-dealkylation sites (tertiary alicyclic amines) is 1. The van der Waals surface area contributed by atoms with Gasteiger partial charge in [-0.15, -0.1) is 24.8 Å². The van der Waals surface area contributed by atoms with Crippen LogP contribution in [0.4, 0.5) is 0 Å². The number of nitrogens with two attached hydrogens (primary N) is 1. The third-order valence-corrected chi connectivity index (χ3v) is 3.67. The van der Waals surface area contributed by atoms with E-state index in [2.05, 4.69) is 5.10 Å². The summed E-state index contributed by atoms with van der Waals surface area (Å²) in [6.45, 7) is 4.38. The van der Waals surface area contributed by atoms with Crippen LogP contribution < -0.4 is 5.73 Å². The molecule has 1 amide bonds. The van der Waals surface area contributed by atoms with Crippen LogP contribution in [0.1, 0.15) is 26.2 Å². The summed E-state index contributed by atoms with van der Waals surface area (Å²) < 4.78 is 1.80. The number of halogens is 2. The van der Waals surface area contributed by atoms with Gasteiger partial charge in [-0.3, -0.25) is 9.48 Å². The third kappa shape index (κ3) is 5.31. The first kappa shape index (κ1) is 19.2. The van der Waals surface area contributed by atoms with E-state index in [-0.39, 0.29) is 36.8 Å². The quantitative estimate of drug-likeness (QED) is 0.917. The molecule has 1 aliphatic rings. The van der Waals surface area contributed by atoms with Gasteiger partial charge in [0.25, 0.3) is 0 Å². The monoisotopic (exact) mass is 322 g/mol. The molecule has 0 aromatic carbocycles. The maximum atomic E-state index is 12.1. The molecule has 2 atom stereocenters. The molecule has 1 aliphatic heterocycles. The van der Waals surface area contributed by atoms with E-state index in [1.54, 1.807) is 10.9 Å². The molecule has 5 nitrogen and oxygen atoms in total. The van der Waals surface area contributed by atoms with Gasteiger partial charge in [0.05, 0.1) is 0 Å². The zero-order valence-electron chi connectivity index (χ0n) is 11.8. The lowest BCUT2D eigenvalue weighted by molar-refractivity contribution is -0.133. The number of nitrogens with zero attached hydrogens (tertiary/aromatic N) is 3. The Hall–Kier alpha value is -0.780. The van der Waals surface area contributed by atoms with Crippen molar-refractivity contribution in [1.29, 1.82) is 0 Å². The minimum Gasteiger partial charge on any atom is -0.342 e. The lowest BCUT2D eigenvalue weighted by Crippen LogP contribution is -2.45. The van der Waals surface area contributed by atoms with E-state index >= 15 is 0 Å². The van der Waals surface area contributed by atoms with Gasteiger partial charge in [-0.05, 0) is 31.7 Å². The second-order valence-corrected chi connectivity index (χ2v) is 5.12. The first-order valence-corrected chi connectivity index (χ1v) is 6.67. The van der Waals surface area contributed by atoms with Crippen molar-refractivity contribution in [1.82, 2.24) is 14.7 Å². The molecule has 1 fully saturated rings. The summed E-state index contributed by atoms with van der Waals surface area (Å²) in [7, 11) is 0. The molecule has 0 spiro atoms. The molecule has 1 saturated heterocycles. The highest BCUT2D eigenvalue weighted by atomic mass is 35.5. The van der Waals surface area contributed by atoms with E-state index in [1.165, 1.54) is 0 Å². The maximum absolute atomic E-state index is 12.1. The topological polar surface area (TPSA) is 64.2 Å². The first-order chi connectivity index (χ1) is 8.66. The van der Waals surface area contributed by atoms with Crippen LogP contribution in [-0.4, -0.2) is 39.7 Å². The summed E-state index contributed by atoms with van der Waals surface area (Å²) in [4.78, 5) is 14.1. The van der Waals surface area contributed by atoms with E-state index in [0.29, 0.717) is 18.9 Å². The van der Waals surface area contributed by atoms with Crippen molar-refractivity contribution in [2.24, 2.45) is 11.7 Å². The predicted molar refractivity (Wildman–Crippen MR) is 84.3 cm³/mol. The van der Waals surface area contributed by atoms with Crippen molar-refractivity contribution in [3.05, 3.63) is 18.5 Å². The lowest BCUT2D eigenvalue weighted by atomic mass is 9.92. The molecule has 2 heterocycles. The Labute approximate surface area is 132 Å². The summed E-state index contributed by atoms with van der Waals surface area (Å²) in [6.07, 6.45) is 6.35. The number of aryl methyl sites for hydroxylation is 1. The van der Waals surface area contributed by atoms with E-state index in [9.17, 15) is 4.79 Å². The fourth-order valence-electron chi connectivity index (χ4n) is 2.47. The minimum atomic E-state index is 0. The van der Waals surface area contributed by atoms with Gasteiger partial charge < -0.3 is 10.6 Å². The van der Waals surface area contributed by atoms with Crippen molar-refractivity contribution in [2.75, 3.05) is 13.1 Å². The second kappa shape index (κ2) is 9.21. The van der Waals surface area contributed by atoms with Gasteiger partial charge >= 0.3 is 0 Å². The Bertz CT molecular complexity index is 384. The van der Waals surface area contributed by atoms with Gasteiger partial charge in [0.15, 0.2) is 0 Å². The molecular weight excluding hydrogens is 299 g/mol. The van der Waals surface area contributed by atoms with Crippen LogP contribution in [0.2, 0.25) is 0 Å². The SMILES string of the molecule is CC(N)C1CCCN(C(=O)CCn2cccn2)C1.Cl.Cl. The van der Waals surface area contributed by atoms with Gasteiger partial charge in [-0.2, -0.15) is 5.10 Å². The van der Waals surface area contributed by atoms with Gasteiger partial charge in [0.2, 0.25) is 5.91 Å². The Balaban J connectivity index is 0.00000180. The normalized spacial score (nSPS) is 19.7. The summed E-state index contributed by atoms with van der Waals surface area (Å²) >= 11 is 0. The van der Waals surface area contributed by atoms with E-state index in [1.807, 2.05) is 24.1 Å². The smallest absolute Gasteiger partial charge is 0.224 e. The standard InChI is InChI=1S/C13H22N4O.2ClH/c1-11(14)12-4-2-7-16(10-12)13(18)5-9-17-8-3-6-15-17;;/h3,6,8,11-12H,2,4-5,7,9-10,14H2,1H3;2*1H. The van der Waals surface area contributed by atoms with Crippen molar-refractivity contribution < 1.29 is 4.79 Å². The van der Waals surface area contributed by atoms with Crippen LogP contribution in [0.5, 0.6) is 0 Å². The summed E-state index contributed by atoms with van der Waals surface area (Å²) in [6, 6.07) is 2.05. The van der Waals surface area contributed by atoms with Gasteiger partial charge in [0, 0.05) is 44.5 Å². The maximum Gasteiger partial charge on any atom is 0.224 e. The molecule has 20 heavy (non-hydrogen) atoms. The van der Waals surface area contributed by atoms with E-state index < -0.39 is 0 Å². The molecule has 0 saturated carbocycles. The van der Waals surface area contributed by atoms with Gasteiger partial charge in [-0.25, -0.2) is 0 Å². The average molecular weight is 323 g/mol. The fourth-order valence-corrected chi connectivity index (χ4v) is 2.47. The zero-order valence-corrected chi connectivity index (χ0v) is 13.4. The average Bonchev–Trinajstić information content (AvgIpc) is 2.89.